The van der Waals surface area contributed by atoms with Crippen LogP contribution >= 0.6 is 12.2 Å². The van der Waals surface area contributed by atoms with Crippen molar-refractivity contribution in [3.05, 3.63) is 47.8 Å². The van der Waals surface area contributed by atoms with E-state index in [1.165, 1.54) is 12.1 Å². The van der Waals surface area contributed by atoms with Crippen molar-refractivity contribution in [2.24, 2.45) is 0 Å². The number of thiocarbonyl (C=S) groups is 1. The first-order chi connectivity index (χ1) is 12.1. The molecule has 0 saturated carbocycles. The average molecular weight is 364 g/mol. The Morgan fingerprint density at radius 3 is 2.12 bits per heavy atom. The Kier molecular flexibility index (Phi) is 6.82. The molecular formula is C18H21FN2O3S. The number of benzene rings is 2. The van der Waals surface area contributed by atoms with Crippen LogP contribution in [0.15, 0.2) is 36.4 Å². The zero-order valence-electron chi connectivity index (χ0n) is 14.4. The van der Waals surface area contributed by atoms with E-state index in [-0.39, 0.29) is 5.82 Å². The quantitative estimate of drug-likeness (QED) is 0.735. The van der Waals surface area contributed by atoms with Crippen molar-refractivity contribution in [2.45, 2.75) is 6.42 Å². The highest BCUT2D eigenvalue weighted by atomic mass is 32.1. The third kappa shape index (κ3) is 5.22. The van der Waals surface area contributed by atoms with Crippen LogP contribution in [0.5, 0.6) is 17.2 Å². The van der Waals surface area contributed by atoms with E-state index in [1.54, 1.807) is 45.6 Å². The number of hydrogen-bond acceptors (Lipinski definition) is 4. The molecule has 25 heavy (non-hydrogen) atoms. The molecule has 0 heterocycles. The second-order valence-corrected chi connectivity index (χ2v) is 5.58. The molecule has 7 heteroatoms. The molecule has 5 nitrogen and oxygen atoms in total. The zero-order chi connectivity index (χ0) is 18.2. The normalized spacial score (nSPS) is 10.1. The van der Waals surface area contributed by atoms with Crippen molar-refractivity contribution in [3.8, 4) is 17.2 Å². The molecule has 0 aliphatic heterocycles. The predicted molar refractivity (Wildman–Crippen MR) is 100 cm³/mol. The molecule has 2 aromatic carbocycles. The van der Waals surface area contributed by atoms with Crippen LogP contribution in [0.2, 0.25) is 0 Å². The van der Waals surface area contributed by atoms with E-state index >= 15 is 0 Å². The van der Waals surface area contributed by atoms with Crippen molar-refractivity contribution >= 4 is 23.0 Å². The minimum absolute atomic E-state index is 0.240. The van der Waals surface area contributed by atoms with Gasteiger partial charge in [0.15, 0.2) is 16.6 Å². The molecule has 0 aromatic heterocycles. The Morgan fingerprint density at radius 1 is 1.00 bits per heavy atom. The molecule has 0 atom stereocenters. The SMILES string of the molecule is COc1cc(NC(=S)NCCc2ccc(F)cc2)cc(OC)c1OC. The maximum Gasteiger partial charge on any atom is 0.203 e. The Morgan fingerprint density at radius 2 is 1.60 bits per heavy atom. The molecular weight excluding hydrogens is 343 g/mol. The molecule has 0 fully saturated rings. The maximum absolute atomic E-state index is 12.9. The van der Waals surface area contributed by atoms with E-state index in [0.29, 0.717) is 34.6 Å². The second kappa shape index (κ2) is 9.08. The molecule has 0 aliphatic rings. The maximum atomic E-state index is 12.9. The first kappa shape index (κ1) is 18.8. The average Bonchev–Trinajstić information content (AvgIpc) is 2.62. The molecule has 2 N–H and O–H groups in total. The van der Waals surface area contributed by atoms with Gasteiger partial charge in [0.25, 0.3) is 0 Å². The van der Waals surface area contributed by atoms with Gasteiger partial charge in [-0.3, -0.25) is 0 Å². The lowest BCUT2D eigenvalue weighted by atomic mass is 10.1. The minimum atomic E-state index is -0.240. The van der Waals surface area contributed by atoms with Crippen LogP contribution in [0.4, 0.5) is 10.1 Å². The summed E-state index contributed by atoms with van der Waals surface area (Å²) in [5, 5.41) is 6.66. The summed E-state index contributed by atoms with van der Waals surface area (Å²) in [5.74, 6) is 1.36. The van der Waals surface area contributed by atoms with Crippen LogP contribution in [-0.4, -0.2) is 33.0 Å². The monoisotopic (exact) mass is 364 g/mol. The van der Waals surface area contributed by atoms with E-state index in [0.717, 1.165) is 12.0 Å². The van der Waals surface area contributed by atoms with Crippen molar-refractivity contribution in [2.75, 3.05) is 33.2 Å². The lowest BCUT2D eigenvalue weighted by Gasteiger charge is -2.16. The Balaban J connectivity index is 1.94. The number of rotatable bonds is 7. The summed E-state index contributed by atoms with van der Waals surface area (Å²) >= 11 is 5.30. The van der Waals surface area contributed by atoms with E-state index in [1.807, 2.05) is 0 Å². The summed E-state index contributed by atoms with van der Waals surface area (Å²) in [6, 6.07) is 9.95. The Labute approximate surface area is 152 Å². The minimum Gasteiger partial charge on any atom is -0.493 e. The predicted octanol–water partition coefficient (Wildman–Crippen LogP) is 3.38. The van der Waals surface area contributed by atoms with Gasteiger partial charge in [-0.15, -0.1) is 0 Å². The highest BCUT2D eigenvalue weighted by Crippen LogP contribution is 2.39. The van der Waals surface area contributed by atoms with Gasteiger partial charge in [-0.25, -0.2) is 4.39 Å². The van der Waals surface area contributed by atoms with E-state index < -0.39 is 0 Å². The molecule has 2 rings (SSSR count). The molecule has 0 spiro atoms. The highest BCUT2D eigenvalue weighted by molar-refractivity contribution is 7.80. The van der Waals surface area contributed by atoms with Gasteiger partial charge in [-0.05, 0) is 36.3 Å². The summed E-state index contributed by atoms with van der Waals surface area (Å²) in [5.41, 5.74) is 1.75. The van der Waals surface area contributed by atoms with Gasteiger partial charge in [-0.1, -0.05) is 12.1 Å². The van der Waals surface area contributed by atoms with Gasteiger partial charge in [-0.2, -0.15) is 0 Å². The number of ether oxygens (including phenoxy) is 3. The number of nitrogens with one attached hydrogen (secondary N) is 2. The fourth-order valence-electron chi connectivity index (χ4n) is 2.30. The summed E-state index contributed by atoms with van der Waals surface area (Å²) < 4.78 is 28.8. The van der Waals surface area contributed by atoms with E-state index in [2.05, 4.69) is 10.6 Å². The second-order valence-electron chi connectivity index (χ2n) is 5.17. The van der Waals surface area contributed by atoms with Gasteiger partial charge in [0.1, 0.15) is 5.82 Å². The highest BCUT2D eigenvalue weighted by Gasteiger charge is 2.13. The molecule has 0 unspecified atom stereocenters. The number of halogens is 1. The first-order valence-corrected chi connectivity index (χ1v) is 8.07. The molecule has 134 valence electrons. The topological polar surface area (TPSA) is 51.8 Å². The molecule has 0 radical (unpaired) electrons. The van der Waals surface area contributed by atoms with Crippen molar-refractivity contribution in [1.29, 1.82) is 0 Å². The Bertz CT molecular complexity index is 698. The van der Waals surface area contributed by atoms with Crippen molar-refractivity contribution in [3.63, 3.8) is 0 Å². The van der Waals surface area contributed by atoms with Gasteiger partial charge in [0, 0.05) is 24.4 Å². The van der Waals surface area contributed by atoms with Crippen LogP contribution in [0.25, 0.3) is 0 Å². The van der Waals surface area contributed by atoms with Crippen molar-refractivity contribution < 1.29 is 18.6 Å². The van der Waals surface area contributed by atoms with Crippen LogP contribution in [0, 0.1) is 5.82 Å². The first-order valence-electron chi connectivity index (χ1n) is 7.66. The van der Waals surface area contributed by atoms with E-state index in [9.17, 15) is 4.39 Å². The third-order valence-corrected chi connectivity index (χ3v) is 3.78. The standard InChI is InChI=1S/C18H21FN2O3S/c1-22-15-10-14(11-16(23-2)17(15)24-3)21-18(25)20-9-8-12-4-6-13(19)7-5-12/h4-7,10-11H,8-9H2,1-3H3,(H2,20,21,25). The van der Waals surface area contributed by atoms with E-state index in [4.69, 9.17) is 26.4 Å². The molecule has 0 amide bonds. The van der Waals surface area contributed by atoms with Gasteiger partial charge < -0.3 is 24.8 Å². The Hall–Kier alpha value is -2.54. The fraction of sp³-hybridized carbons (Fsp3) is 0.278. The molecule has 0 aliphatic carbocycles. The van der Waals surface area contributed by atoms with Gasteiger partial charge in [0.2, 0.25) is 5.75 Å². The lowest BCUT2D eigenvalue weighted by Crippen LogP contribution is -2.30. The van der Waals surface area contributed by atoms with Crippen LogP contribution < -0.4 is 24.8 Å². The third-order valence-electron chi connectivity index (χ3n) is 3.54. The smallest absolute Gasteiger partial charge is 0.203 e. The molecule has 0 bridgehead atoms. The number of methoxy groups -OCH3 is 3. The zero-order valence-corrected chi connectivity index (χ0v) is 15.2. The van der Waals surface area contributed by atoms with Gasteiger partial charge in [0.05, 0.1) is 21.3 Å². The fourth-order valence-corrected chi connectivity index (χ4v) is 2.52. The lowest BCUT2D eigenvalue weighted by molar-refractivity contribution is 0.324. The summed E-state index contributed by atoms with van der Waals surface area (Å²) in [6.07, 6.45) is 0.733. The van der Waals surface area contributed by atoms with Crippen LogP contribution in [0.3, 0.4) is 0 Å². The summed E-state index contributed by atoms with van der Waals surface area (Å²) in [7, 11) is 4.66. The van der Waals surface area contributed by atoms with Gasteiger partial charge >= 0.3 is 0 Å². The largest absolute Gasteiger partial charge is 0.493 e. The van der Waals surface area contributed by atoms with Crippen LogP contribution in [0.1, 0.15) is 5.56 Å². The summed E-state index contributed by atoms with van der Waals surface area (Å²) in [4.78, 5) is 0. The molecule has 2 aromatic rings. The summed E-state index contributed by atoms with van der Waals surface area (Å²) in [6.45, 7) is 0.627. The van der Waals surface area contributed by atoms with Crippen LogP contribution in [-0.2, 0) is 6.42 Å². The number of hydrogen-bond donors (Lipinski definition) is 2. The van der Waals surface area contributed by atoms with Crippen molar-refractivity contribution in [1.82, 2.24) is 5.32 Å². The number of anilines is 1. The molecule has 0 saturated heterocycles.